The number of rotatable bonds is 4. The number of hydrogen-bond donors (Lipinski definition) is 1. The van der Waals surface area contributed by atoms with E-state index in [9.17, 15) is 4.79 Å². The van der Waals surface area contributed by atoms with Crippen LogP contribution in [0.2, 0.25) is 0 Å². The van der Waals surface area contributed by atoms with Gasteiger partial charge in [-0.3, -0.25) is 14.3 Å². The molecule has 0 radical (unpaired) electrons. The third-order valence-electron chi connectivity index (χ3n) is 6.67. The van der Waals surface area contributed by atoms with Gasteiger partial charge in [-0.1, -0.05) is 38.2 Å². The van der Waals surface area contributed by atoms with Crippen molar-refractivity contribution in [3.63, 3.8) is 0 Å². The highest BCUT2D eigenvalue weighted by Crippen LogP contribution is 2.34. The van der Waals surface area contributed by atoms with Gasteiger partial charge in [-0.25, -0.2) is 4.98 Å². The quantitative estimate of drug-likeness (QED) is 0.674. The fraction of sp³-hybridized carbons (Fsp3) is 0.542. The molecule has 30 heavy (non-hydrogen) atoms. The first-order chi connectivity index (χ1) is 14.8. The Morgan fingerprint density at radius 1 is 1.03 bits per heavy atom. The molecule has 1 atom stereocenters. The molecule has 0 spiro atoms. The Labute approximate surface area is 181 Å². The number of aromatic nitrogens is 3. The van der Waals surface area contributed by atoms with E-state index >= 15 is 0 Å². The molecule has 0 saturated heterocycles. The second-order valence-electron chi connectivity index (χ2n) is 8.83. The Morgan fingerprint density at radius 2 is 1.87 bits per heavy atom. The molecule has 3 aromatic rings. The molecule has 1 N–H and O–H groups in total. The summed E-state index contributed by atoms with van der Waals surface area (Å²) in [6.45, 7) is 0.471. The van der Waals surface area contributed by atoms with Crippen molar-refractivity contribution >= 4 is 21.6 Å². The molecule has 0 aromatic carbocycles. The van der Waals surface area contributed by atoms with Crippen molar-refractivity contribution < 1.29 is 0 Å². The van der Waals surface area contributed by atoms with Crippen molar-refractivity contribution in [2.75, 3.05) is 0 Å². The first-order valence-corrected chi connectivity index (χ1v) is 12.3. The Balaban J connectivity index is 1.35. The molecule has 6 heteroatoms. The molecule has 1 saturated carbocycles. The van der Waals surface area contributed by atoms with Gasteiger partial charge in [0.2, 0.25) is 0 Å². The van der Waals surface area contributed by atoms with Crippen LogP contribution in [0.3, 0.4) is 0 Å². The number of thiophene rings is 1. The van der Waals surface area contributed by atoms with Crippen molar-refractivity contribution in [2.45, 2.75) is 82.8 Å². The van der Waals surface area contributed by atoms with Crippen molar-refractivity contribution in [1.82, 2.24) is 19.9 Å². The first kappa shape index (κ1) is 19.9. The molecular weight excluding hydrogens is 392 g/mol. The topological polar surface area (TPSA) is 59.8 Å². The van der Waals surface area contributed by atoms with Crippen molar-refractivity contribution in [2.24, 2.45) is 0 Å². The van der Waals surface area contributed by atoms with Gasteiger partial charge in [0.25, 0.3) is 5.56 Å². The number of aryl methyl sites for hydroxylation is 1. The highest BCUT2D eigenvalue weighted by atomic mass is 32.1. The van der Waals surface area contributed by atoms with Crippen LogP contribution in [0.15, 0.2) is 35.5 Å². The third-order valence-corrected chi connectivity index (χ3v) is 7.83. The molecule has 5 rings (SSSR count). The van der Waals surface area contributed by atoms with Gasteiger partial charge in [-0.05, 0) is 49.8 Å². The van der Waals surface area contributed by atoms with Gasteiger partial charge >= 0.3 is 0 Å². The van der Waals surface area contributed by atoms with Gasteiger partial charge in [-0.2, -0.15) is 0 Å². The Hall–Kier alpha value is -2.05. The summed E-state index contributed by atoms with van der Waals surface area (Å²) in [5, 5.41) is 4.81. The van der Waals surface area contributed by atoms with Crippen LogP contribution in [-0.4, -0.2) is 26.6 Å². The van der Waals surface area contributed by atoms with E-state index in [0.29, 0.717) is 18.6 Å². The summed E-state index contributed by atoms with van der Waals surface area (Å²) < 4.78 is 1.70. The van der Waals surface area contributed by atoms with E-state index < -0.39 is 0 Å². The molecule has 158 valence electrons. The fourth-order valence-electron chi connectivity index (χ4n) is 5.08. The second-order valence-corrected chi connectivity index (χ2v) is 9.91. The van der Waals surface area contributed by atoms with Gasteiger partial charge in [0.15, 0.2) is 0 Å². The van der Waals surface area contributed by atoms with Crippen LogP contribution in [0.1, 0.15) is 67.5 Å². The van der Waals surface area contributed by atoms with Crippen molar-refractivity contribution in [1.29, 1.82) is 0 Å². The van der Waals surface area contributed by atoms with E-state index in [1.54, 1.807) is 28.4 Å². The number of nitrogens with zero attached hydrogens (tertiary/aromatic N) is 3. The molecule has 0 bridgehead atoms. The minimum absolute atomic E-state index is 0.0783. The molecule has 1 unspecified atom stereocenters. The van der Waals surface area contributed by atoms with E-state index in [2.05, 4.69) is 15.3 Å². The normalized spacial score (nSPS) is 20.6. The number of nitrogens with one attached hydrogen (secondary N) is 1. The predicted octanol–water partition coefficient (Wildman–Crippen LogP) is 4.46. The minimum Gasteiger partial charge on any atom is -0.311 e. The van der Waals surface area contributed by atoms with E-state index in [-0.39, 0.29) is 5.56 Å². The average molecular weight is 423 g/mol. The van der Waals surface area contributed by atoms with Crippen LogP contribution < -0.4 is 10.9 Å². The zero-order valence-corrected chi connectivity index (χ0v) is 18.3. The van der Waals surface area contributed by atoms with Gasteiger partial charge in [0.05, 0.1) is 24.0 Å². The summed E-state index contributed by atoms with van der Waals surface area (Å²) in [5.74, 6) is 0. The predicted molar refractivity (Wildman–Crippen MR) is 122 cm³/mol. The lowest BCUT2D eigenvalue weighted by Gasteiger charge is -2.29. The number of pyridine rings is 1. The van der Waals surface area contributed by atoms with Crippen LogP contribution in [0.5, 0.6) is 0 Å². The summed E-state index contributed by atoms with van der Waals surface area (Å²) in [5.41, 5.74) is 2.21. The lowest BCUT2D eigenvalue weighted by molar-refractivity contribution is 0.335. The van der Waals surface area contributed by atoms with Gasteiger partial charge in [0, 0.05) is 23.2 Å². The standard InChI is InChI=1S/C24H30N4OS/c29-24-22-20-12-11-18(27-17-8-4-2-1-3-5-9-17)14-21(20)30-23(22)26-16-28(24)15-19-10-6-7-13-25-19/h6-7,10,13,16-18,27H,1-5,8-9,11-12,14-15H2. The lowest BCUT2D eigenvalue weighted by atomic mass is 9.90. The molecule has 0 amide bonds. The van der Waals surface area contributed by atoms with Crippen LogP contribution in [0.25, 0.3) is 10.2 Å². The summed E-state index contributed by atoms with van der Waals surface area (Å²) in [6, 6.07) is 7.00. The molecule has 1 fully saturated rings. The van der Waals surface area contributed by atoms with Gasteiger partial charge < -0.3 is 5.32 Å². The zero-order valence-electron chi connectivity index (χ0n) is 17.5. The SMILES string of the molecule is O=c1c2c3c(sc2ncn1Cc1ccccn1)CC(NC1CCCCCCC1)CC3. The Morgan fingerprint density at radius 3 is 2.67 bits per heavy atom. The molecule has 5 nitrogen and oxygen atoms in total. The van der Waals surface area contributed by atoms with Crippen molar-refractivity contribution in [3.05, 3.63) is 57.2 Å². The molecule has 2 aliphatic carbocycles. The summed E-state index contributed by atoms with van der Waals surface area (Å²) in [4.78, 5) is 24.5. The second kappa shape index (κ2) is 8.98. The van der Waals surface area contributed by atoms with E-state index in [1.807, 2.05) is 18.2 Å². The van der Waals surface area contributed by atoms with Gasteiger partial charge in [0.1, 0.15) is 4.83 Å². The van der Waals surface area contributed by atoms with E-state index in [0.717, 1.165) is 35.2 Å². The van der Waals surface area contributed by atoms with Gasteiger partial charge in [-0.15, -0.1) is 11.3 Å². The van der Waals surface area contributed by atoms with E-state index in [1.165, 1.54) is 55.4 Å². The van der Waals surface area contributed by atoms with Crippen molar-refractivity contribution in [3.8, 4) is 0 Å². The summed E-state index contributed by atoms with van der Waals surface area (Å²) >= 11 is 1.72. The summed E-state index contributed by atoms with van der Waals surface area (Å²) in [7, 11) is 0. The fourth-order valence-corrected chi connectivity index (χ4v) is 6.34. The third kappa shape index (κ3) is 4.21. The summed E-state index contributed by atoms with van der Waals surface area (Å²) in [6.07, 6.45) is 16.1. The Bertz CT molecular complexity index is 1050. The monoisotopic (exact) mass is 422 g/mol. The highest BCUT2D eigenvalue weighted by Gasteiger charge is 2.26. The molecule has 0 aliphatic heterocycles. The van der Waals surface area contributed by atoms with Crippen LogP contribution >= 0.6 is 11.3 Å². The maximum absolute atomic E-state index is 13.2. The molecule has 2 aliphatic rings. The molecule has 3 aromatic heterocycles. The van der Waals surface area contributed by atoms with Crippen LogP contribution in [-0.2, 0) is 19.4 Å². The Kier molecular flexibility index (Phi) is 5.95. The largest absolute Gasteiger partial charge is 0.311 e. The smallest absolute Gasteiger partial charge is 0.262 e. The average Bonchev–Trinajstić information content (AvgIpc) is 3.11. The van der Waals surface area contributed by atoms with Crippen LogP contribution in [0, 0.1) is 0 Å². The molecular formula is C24H30N4OS. The molecule has 3 heterocycles. The lowest BCUT2D eigenvalue weighted by Crippen LogP contribution is -2.41. The maximum atomic E-state index is 13.2. The maximum Gasteiger partial charge on any atom is 0.262 e. The van der Waals surface area contributed by atoms with Crippen LogP contribution in [0.4, 0.5) is 0 Å². The highest BCUT2D eigenvalue weighted by molar-refractivity contribution is 7.18. The zero-order chi connectivity index (χ0) is 20.3. The first-order valence-electron chi connectivity index (χ1n) is 11.4. The minimum atomic E-state index is 0.0783. The number of hydrogen-bond acceptors (Lipinski definition) is 5. The van der Waals surface area contributed by atoms with E-state index in [4.69, 9.17) is 0 Å². The number of fused-ring (bicyclic) bond motifs is 3.